The Balaban J connectivity index is 1.79. The molecule has 1 aliphatic heterocycles. The molecule has 3 nitrogen and oxygen atoms in total. The molecule has 0 saturated carbocycles. The van der Waals surface area contributed by atoms with E-state index in [1.54, 1.807) is 7.11 Å². The quantitative estimate of drug-likeness (QED) is 0.807. The molecular formula is C13H20N2O. The first-order chi connectivity index (χ1) is 7.88. The molecule has 1 aliphatic rings. The molecule has 0 spiro atoms. The maximum Gasteiger partial charge on any atom is 0.118 e. The Kier molecular flexibility index (Phi) is 4.19. The van der Waals surface area contributed by atoms with Crippen molar-refractivity contribution in [3.05, 3.63) is 29.8 Å². The van der Waals surface area contributed by atoms with Crippen molar-refractivity contribution in [1.82, 2.24) is 10.6 Å². The summed E-state index contributed by atoms with van der Waals surface area (Å²) in [5, 5.41) is 6.98. The summed E-state index contributed by atoms with van der Waals surface area (Å²) in [5.41, 5.74) is 1.31. The maximum absolute atomic E-state index is 5.13. The van der Waals surface area contributed by atoms with Crippen molar-refractivity contribution in [3.8, 4) is 5.75 Å². The van der Waals surface area contributed by atoms with Crippen LogP contribution in [0.2, 0.25) is 0 Å². The molecule has 1 heterocycles. The lowest BCUT2D eigenvalue weighted by molar-refractivity contribution is 0.388. The van der Waals surface area contributed by atoms with Gasteiger partial charge in [-0.1, -0.05) is 12.1 Å². The molecule has 0 amide bonds. The highest BCUT2D eigenvalue weighted by Crippen LogP contribution is 2.11. The highest BCUT2D eigenvalue weighted by Gasteiger charge is 2.11. The van der Waals surface area contributed by atoms with Crippen LogP contribution in [0.5, 0.6) is 5.75 Å². The zero-order chi connectivity index (χ0) is 11.2. The first kappa shape index (κ1) is 11.4. The van der Waals surface area contributed by atoms with E-state index in [1.807, 2.05) is 12.1 Å². The van der Waals surface area contributed by atoms with Gasteiger partial charge in [-0.25, -0.2) is 0 Å². The van der Waals surface area contributed by atoms with Gasteiger partial charge >= 0.3 is 0 Å². The van der Waals surface area contributed by atoms with Gasteiger partial charge in [-0.2, -0.15) is 0 Å². The zero-order valence-electron chi connectivity index (χ0n) is 9.83. The minimum absolute atomic E-state index is 0.621. The minimum Gasteiger partial charge on any atom is -0.497 e. The summed E-state index contributed by atoms with van der Waals surface area (Å²) in [6.07, 6.45) is 2.56. The van der Waals surface area contributed by atoms with Gasteiger partial charge in [-0.15, -0.1) is 0 Å². The van der Waals surface area contributed by atoms with Gasteiger partial charge in [0.2, 0.25) is 0 Å². The van der Waals surface area contributed by atoms with Crippen molar-refractivity contribution in [2.24, 2.45) is 0 Å². The van der Waals surface area contributed by atoms with E-state index in [2.05, 4.69) is 22.8 Å². The van der Waals surface area contributed by atoms with Crippen LogP contribution in [0.4, 0.5) is 0 Å². The van der Waals surface area contributed by atoms with Gasteiger partial charge in [0.25, 0.3) is 0 Å². The van der Waals surface area contributed by atoms with Crippen LogP contribution in [-0.2, 0) is 6.54 Å². The number of benzene rings is 1. The number of rotatable bonds is 4. The molecule has 2 N–H and O–H groups in total. The monoisotopic (exact) mass is 220 g/mol. The fraction of sp³-hybridized carbons (Fsp3) is 0.538. The summed E-state index contributed by atoms with van der Waals surface area (Å²) >= 11 is 0. The van der Waals surface area contributed by atoms with Gasteiger partial charge in [0.15, 0.2) is 0 Å². The smallest absolute Gasteiger partial charge is 0.118 e. The molecule has 0 unspecified atom stereocenters. The summed E-state index contributed by atoms with van der Waals surface area (Å²) in [7, 11) is 1.70. The van der Waals surface area contributed by atoms with E-state index < -0.39 is 0 Å². The lowest BCUT2D eigenvalue weighted by Gasteiger charge is -2.23. The van der Waals surface area contributed by atoms with Crippen molar-refractivity contribution in [2.45, 2.75) is 25.4 Å². The minimum atomic E-state index is 0.621. The third-order valence-corrected chi connectivity index (χ3v) is 3.05. The molecule has 0 radical (unpaired) electrons. The van der Waals surface area contributed by atoms with E-state index in [1.165, 1.54) is 24.9 Å². The Morgan fingerprint density at radius 1 is 1.38 bits per heavy atom. The molecule has 2 rings (SSSR count). The summed E-state index contributed by atoms with van der Waals surface area (Å²) in [6, 6.07) is 8.87. The van der Waals surface area contributed by atoms with Crippen molar-refractivity contribution in [2.75, 3.05) is 20.2 Å². The highest BCUT2D eigenvalue weighted by atomic mass is 16.5. The van der Waals surface area contributed by atoms with E-state index in [4.69, 9.17) is 4.74 Å². The van der Waals surface area contributed by atoms with Crippen molar-refractivity contribution < 1.29 is 4.74 Å². The van der Waals surface area contributed by atoms with Crippen molar-refractivity contribution >= 4 is 0 Å². The Labute approximate surface area is 97.2 Å². The van der Waals surface area contributed by atoms with Crippen LogP contribution in [0, 0.1) is 0 Å². The molecule has 0 aliphatic carbocycles. The second-order valence-electron chi connectivity index (χ2n) is 4.27. The van der Waals surface area contributed by atoms with E-state index >= 15 is 0 Å². The highest BCUT2D eigenvalue weighted by molar-refractivity contribution is 5.27. The van der Waals surface area contributed by atoms with Gasteiger partial charge in [0, 0.05) is 19.1 Å². The molecule has 1 aromatic carbocycles. The van der Waals surface area contributed by atoms with E-state index in [-0.39, 0.29) is 0 Å². The molecule has 3 heteroatoms. The number of hydrogen-bond acceptors (Lipinski definition) is 3. The van der Waals surface area contributed by atoms with Gasteiger partial charge in [-0.3, -0.25) is 0 Å². The zero-order valence-corrected chi connectivity index (χ0v) is 9.83. The number of hydrogen-bond donors (Lipinski definition) is 2. The number of piperidine rings is 1. The molecule has 0 aromatic heterocycles. The Hall–Kier alpha value is -1.06. The SMILES string of the molecule is COc1ccc(CN[C@@H]2CCCNC2)cc1. The van der Waals surface area contributed by atoms with Crippen molar-refractivity contribution in [1.29, 1.82) is 0 Å². The largest absolute Gasteiger partial charge is 0.497 e. The summed E-state index contributed by atoms with van der Waals surface area (Å²) in [6.45, 7) is 3.20. The second-order valence-corrected chi connectivity index (χ2v) is 4.27. The van der Waals surface area contributed by atoms with Gasteiger partial charge < -0.3 is 15.4 Å². The molecule has 1 aromatic rings. The average molecular weight is 220 g/mol. The molecular weight excluding hydrogens is 200 g/mol. The number of methoxy groups -OCH3 is 1. The molecule has 1 atom stereocenters. The van der Waals surface area contributed by atoms with Crippen molar-refractivity contribution in [3.63, 3.8) is 0 Å². The fourth-order valence-electron chi connectivity index (χ4n) is 2.03. The van der Waals surface area contributed by atoms with E-state index in [0.717, 1.165) is 18.8 Å². The van der Waals surface area contributed by atoms with Gasteiger partial charge in [0.1, 0.15) is 5.75 Å². The fourth-order valence-corrected chi connectivity index (χ4v) is 2.03. The van der Waals surface area contributed by atoms with Gasteiger partial charge in [0.05, 0.1) is 7.11 Å². The Bertz CT molecular complexity index is 304. The van der Waals surface area contributed by atoms with Crippen LogP contribution in [0.3, 0.4) is 0 Å². The first-order valence-electron chi connectivity index (χ1n) is 5.95. The third kappa shape index (κ3) is 3.22. The van der Waals surface area contributed by atoms with Crippen LogP contribution in [0.15, 0.2) is 24.3 Å². The second kappa shape index (κ2) is 5.87. The number of nitrogens with one attached hydrogen (secondary N) is 2. The molecule has 1 fully saturated rings. The molecule has 0 bridgehead atoms. The standard InChI is InChI=1S/C13H20N2O/c1-16-13-6-4-11(5-7-13)9-15-12-3-2-8-14-10-12/h4-7,12,14-15H,2-3,8-10H2,1H3/t12-/m1/s1. The molecule has 16 heavy (non-hydrogen) atoms. The topological polar surface area (TPSA) is 33.3 Å². The average Bonchev–Trinajstić information content (AvgIpc) is 2.38. The first-order valence-corrected chi connectivity index (χ1v) is 5.95. The Morgan fingerprint density at radius 2 is 2.19 bits per heavy atom. The van der Waals surface area contributed by atoms with Crippen LogP contribution in [-0.4, -0.2) is 26.2 Å². The number of ether oxygens (including phenoxy) is 1. The third-order valence-electron chi connectivity index (χ3n) is 3.05. The molecule has 88 valence electrons. The lowest BCUT2D eigenvalue weighted by atomic mass is 10.1. The van der Waals surface area contributed by atoms with E-state index in [0.29, 0.717) is 6.04 Å². The maximum atomic E-state index is 5.13. The normalized spacial score (nSPS) is 20.7. The molecule has 1 saturated heterocycles. The summed E-state index contributed by atoms with van der Waals surface area (Å²) in [4.78, 5) is 0. The summed E-state index contributed by atoms with van der Waals surface area (Å²) in [5.74, 6) is 0.920. The van der Waals surface area contributed by atoms with Gasteiger partial charge in [-0.05, 0) is 37.1 Å². The Morgan fingerprint density at radius 3 is 2.81 bits per heavy atom. The van der Waals surface area contributed by atoms with Crippen LogP contribution in [0.1, 0.15) is 18.4 Å². The van der Waals surface area contributed by atoms with Crippen LogP contribution >= 0.6 is 0 Å². The lowest BCUT2D eigenvalue weighted by Crippen LogP contribution is -2.42. The van der Waals surface area contributed by atoms with E-state index in [9.17, 15) is 0 Å². The summed E-state index contributed by atoms with van der Waals surface area (Å²) < 4.78 is 5.13. The predicted octanol–water partition coefficient (Wildman–Crippen LogP) is 1.54. The van der Waals surface area contributed by atoms with Crippen LogP contribution in [0.25, 0.3) is 0 Å². The van der Waals surface area contributed by atoms with Crippen LogP contribution < -0.4 is 15.4 Å². The predicted molar refractivity (Wildman–Crippen MR) is 65.7 cm³/mol.